The maximum Gasteiger partial charge on any atom is 0.326 e. The summed E-state index contributed by atoms with van der Waals surface area (Å²) in [4.78, 5) is 25.7. The van der Waals surface area contributed by atoms with Gasteiger partial charge < -0.3 is 14.7 Å². The van der Waals surface area contributed by atoms with Crippen LogP contribution in [0.3, 0.4) is 0 Å². The summed E-state index contributed by atoms with van der Waals surface area (Å²) in [5.74, 6) is -0.760. The molecular formula is C19H18ClNO4. The molecule has 1 heterocycles. The summed E-state index contributed by atoms with van der Waals surface area (Å²) < 4.78 is 5.31. The smallest absolute Gasteiger partial charge is 0.326 e. The predicted octanol–water partition coefficient (Wildman–Crippen LogP) is 3.70. The van der Waals surface area contributed by atoms with Crippen LogP contribution in [0.5, 0.6) is 5.75 Å². The van der Waals surface area contributed by atoms with Gasteiger partial charge in [-0.1, -0.05) is 29.8 Å². The summed E-state index contributed by atoms with van der Waals surface area (Å²) in [6.07, 6.45) is 1.16. The first-order valence-electron chi connectivity index (χ1n) is 7.99. The molecule has 1 aliphatic heterocycles. The Bertz CT molecular complexity index is 821. The Labute approximate surface area is 150 Å². The number of amides is 1. The number of aliphatic carboxylic acids is 1. The lowest BCUT2D eigenvalue weighted by Crippen LogP contribution is -2.40. The Morgan fingerprint density at radius 3 is 2.68 bits per heavy atom. The van der Waals surface area contributed by atoms with Gasteiger partial charge >= 0.3 is 5.97 Å². The van der Waals surface area contributed by atoms with Crippen molar-refractivity contribution in [1.29, 1.82) is 0 Å². The Morgan fingerprint density at radius 1 is 1.24 bits per heavy atom. The third-order valence-electron chi connectivity index (χ3n) is 4.37. The molecule has 0 radical (unpaired) electrons. The molecule has 1 saturated heterocycles. The van der Waals surface area contributed by atoms with E-state index in [1.807, 2.05) is 18.2 Å². The summed E-state index contributed by atoms with van der Waals surface area (Å²) in [5, 5.41) is 9.88. The molecule has 6 heteroatoms. The van der Waals surface area contributed by atoms with Crippen LogP contribution < -0.4 is 4.74 Å². The third kappa shape index (κ3) is 3.46. The monoisotopic (exact) mass is 359 g/mol. The van der Waals surface area contributed by atoms with Crippen LogP contribution in [0, 0.1) is 0 Å². The quantitative estimate of drug-likeness (QED) is 0.903. The van der Waals surface area contributed by atoms with Gasteiger partial charge in [0.25, 0.3) is 5.91 Å². The van der Waals surface area contributed by atoms with Crippen molar-refractivity contribution in [3.05, 3.63) is 53.1 Å². The summed E-state index contributed by atoms with van der Waals surface area (Å²) >= 11 is 6.26. The molecule has 0 spiro atoms. The number of methoxy groups -OCH3 is 1. The number of rotatable bonds is 4. The van der Waals surface area contributed by atoms with E-state index in [-0.39, 0.29) is 5.91 Å². The number of hydrogen-bond donors (Lipinski definition) is 1. The molecule has 1 aliphatic rings. The van der Waals surface area contributed by atoms with Crippen molar-refractivity contribution >= 4 is 23.5 Å². The predicted molar refractivity (Wildman–Crippen MR) is 95.1 cm³/mol. The lowest BCUT2D eigenvalue weighted by molar-refractivity contribution is -0.141. The van der Waals surface area contributed by atoms with Crippen LogP contribution in [-0.4, -0.2) is 41.6 Å². The highest BCUT2D eigenvalue weighted by molar-refractivity contribution is 6.33. The largest absolute Gasteiger partial charge is 0.497 e. The van der Waals surface area contributed by atoms with E-state index in [9.17, 15) is 14.7 Å². The van der Waals surface area contributed by atoms with Crippen molar-refractivity contribution in [3.8, 4) is 16.9 Å². The molecule has 0 aliphatic carbocycles. The maximum atomic E-state index is 12.9. The fourth-order valence-electron chi connectivity index (χ4n) is 3.12. The van der Waals surface area contributed by atoms with Gasteiger partial charge in [-0.25, -0.2) is 4.79 Å². The Hall–Kier alpha value is -2.53. The molecule has 1 amide bonds. The van der Waals surface area contributed by atoms with E-state index in [0.717, 1.165) is 11.1 Å². The molecule has 1 fully saturated rings. The van der Waals surface area contributed by atoms with Gasteiger partial charge in [0, 0.05) is 22.7 Å². The lowest BCUT2D eigenvalue weighted by atomic mass is 10.0. The van der Waals surface area contributed by atoms with E-state index in [0.29, 0.717) is 35.7 Å². The van der Waals surface area contributed by atoms with Crippen molar-refractivity contribution in [2.24, 2.45) is 0 Å². The van der Waals surface area contributed by atoms with Crippen molar-refractivity contribution < 1.29 is 19.4 Å². The zero-order chi connectivity index (χ0) is 18.0. The van der Waals surface area contributed by atoms with Crippen LogP contribution in [0.4, 0.5) is 0 Å². The fourth-order valence-corrected chi connectivity index (χ4v) is 3.37. The van der Waals surface area contributed by atoms with Gasteiger partial charge in [-0.15, -0.1) is 0 Å². The normalized spacial score (nSPS) is 16.7. The van der Waals surface area contributed by atoms with Crippen molar-refractivity contribution in [2.75, 3.05) is 13.7 Å². The number of likely N-dealkylation sites (tertiary alicyclic amines) is 1. The van der Waals surface area contributed by atoms with E-state index < -0.39 is 12.0 Å². The number of ether oxygens (including phenoxy) is 1. The Morgan fingerprint density at radius 2 is 2.00 bits per heavy atom. The van der Waals surface area contributed by atoms with E-state index in [1.165, 1.54) is 12.0 Å². The van der Waals surface area contributed by atoms with Crippen LogP contribution in [0.25, 0.3) is 11.1 Å². The van der Waals surface area contributed by atoms with E-state index in [1.54, 1.807) is 24.3 Å². The highest BCUT2D eigenvalue weighted by Crippen LogP contribution is 2.32. The fraction of sp³-hybridized carbons (Fsp3) is 0.263. The van der Waals surface area contributed by atoms with Gasteiger partial charge in [0.2, 0.25) is 0 Å². The van der Waals surface area contributed by atoms with Gasteiger partial charge in [0.05, 0.1) is 7.11 Å². The lowest BCUT2D eigenvalue weighted by Gasteiger charge is -2.22. The molecule has 3 rings (SSSR count). The molecule has 2 aromatic rings. The second-order valence-corrected chi connectivity index (χ2v) is 6.33. The first-order chi connectivity index (χ1) is 12.0. The molecule has 5 nitrogen and oxygen atoms in total. The summed E-state index contributed by atoms with van der Waals surface area (Å²) in [5.41, 5.74) is 1.93. The van der Waals surface area contributed by atoms with Gasteiger partial charge in [0.15, 0.2) is 0 Å². The summed E-state index contributed by atoms with van der Waals surface area (Å²) in [6.45, 7) is 0.439. The van der Waals surface area contributed by atoms with Gasteiger partial charge in [-0.05, 0) is 42.7 Å². The molecule has 1 atom stereocenters. The Balaban J connectivity index is 2.02. The zero-order valence-corrected chi connectivity index (χ0v) is 14.5. The number of carbonyl (C=O) groups is 2. The van der Waals surface area contributed by atoms with Crippen LogP contribution in [0.15, 0.2) is 42.5 Å². The first-order valence-corrected chi connectivity index (χ1v) is 8.37. The van der Waals surface area contributed by atoms with E-state index in [2.05, 4.69) is 0 Å². The van der Waals surface area contributed by atoms with Gasteiger partial charge in [-0.3, -0.25) is 4.79 Å². The maximum absolute atomic E-state index is 12.9. The minimum Gasteiger partial charge on any atom is -0.497 e. The zero-order valence-electron chi connectivity index (χ0n) is 13.7. The molecule has 1 unspecified atom stereocenters. The Kier molecular flexibility index (Phi) is 4.95. The van der Waals surface area contributed by atoms with Crippen LogP contribution >= 0.6 is 11.6 Å². The van der Waals surface area contributed by atoms with Gasteiger partial charge in [-0.2, -0.15) is 0 Å². The van der Waals surface area contributed by atoms with E-state index in [4.69, 9.17) is 16.3 Å². The molecule has 25 heavy (non-hydrogen) atoms. The first kappa shape index (κ1) is 17.3. The second kappa shape index (κ2) is 7.15. The highest BCUT2D eigenvalue weighted by atomic mass is 35.5. The number of nitrogens with zero attached hydrogens (tertiary/aromatic N) is 1. The topological polar surface area (TPSA) is 66.8 Å². The molecular weight excluding hydrogens is 342 g/mol. The van der Waals surface area contributed by atoms with Crippen molar-refractivity contribution in [1.82, 2.24) is 4.90 Å². The number of halogens is 1. The van der Waals surface area contributed by atoms with E-state index >= 15 is 0 Å². The summed E-state index contributed by atoms with van der Waals surface area (Å²) in [7, 11) is 1.52. The molecule has 2 aromatic carbocycles. The molecule has 0 bridgehead atoms. The standard InChI is InChI=1S/C19H18ClNO4/c1-25-14-10-12(15-5-2-3-6-16(15)20)9-13(11-14)18(22)21-8-4-7-17(21)19(23)24/h2-3,5-6,9-11,17H,4,7-8H2,1H3,(H,23,24). The average molecular weight is 360 g/mol. The average Bonchev–Trinajstić information content (AvgIpc) is 3.11. The van der Waals surface area contributed by atoms with Crippen molar-refractivity contribution in [2.45, 2.75) is 18.9 Å². The number of carboxylic acid groups (broad SMARTS) is 1. The summed E-state index contributed by atoms with van der Waals surface area (Å²) in [6, 6.07) is 11.7. The molecule has 0 saturated carbocycles. The third-order valence-corrected chi connectivity index (χ3v) is 4.70. The minimum atomic E-state index is -0.972. The number of carbonyl (C=O) groups excluding carboxylic acids is 1. The SMILES string of the molecule is COc1cc(C(=O)N2CCCC2C(=O)O)cc(-c2ccccc2Cl)c1. The highest BCUT2D eigenvalue weighted by Gasteiger charge is 2.34. The molecule has 0 aromatic heterocycles. The molecule has 130 valence electrons. The second-order valence-electron chi connectivity index (χ2n) is 5.92. The van der Waals surface area contributed by atoms with Crippen molar-refractivity contribution in [3.63, 3.8) is 0 Å². The number of benzene rings is 2. The van der Waals surface area contributed by atoms with Gasteiger partial charge in [0.1, 0.15) is 11.8 Å². The van der Waals surface area contributed by atoms with Crippen LogP contribution in [0.1, 0.15) is 23.2 Å². The molecule has 1 N–H and O–H groups in total. The number of carboxylic acids is 1. The minimum absolute atomic E-state index is 0.308. The number of hydrogen-bond acceptors (Lipinski definition) is 3. The van der Waals surface area contributed by atoms with Crippen LogP contribution in [0.2, 0.25) is 5.02 Å². The van der Waals surface area contributed by atoms with Crippen LogP contribution in [-0.2, 0) is 4.79 Å².